The maximum Gasteiger partial charge on any atom is 0.339 e. The summed E-state index contributed by atoms with van der Waals surface area (Å²) in [7, 11) is 1.24. The van der Waals surface area contributed by atoms with Crippen molar-refractivity contribution in [1.82, 2.24) is 9.78 Å². The van der Waals surface area contributed by atoms with Crippen LogP contribution in [-0.4, -0.2) is 39.2 Å². The third-order valence-corrected chi connectivity index (χ3v) is 7.01. The Balaban J connectivity index is 0.00000130. The van der Waals surface area contributed by atoms with Crippen molar-refractivity contribution in [3.05, 3.63) is 88.5 Å². The van der Waals surface area contributed by atoms with Gasteiger partial charge in [0.1, 0.15) is 11.4 Å². The summed E-state index contributed by atoms with van der Waals surface area (Å²) < 4.78 is 26.2. The van der Waals surface area contributed by atoms with Crippen molar-refractivity contribution in [3.63, 3.8) is 0 Å². The Bertz CT molecular complexity index is 1420. The highest BCUT2D eigenvalue weighted by Gasteiger charge is 2.75. The molecule has 36 heavy (non-hydrogen) atoms. The summed E-state index contributed by atoms with van der Waals surface area (Å²) >= 11 is 0. The Morgan fingerprint density at radius 1 is 1.22 bits per heavy atom. The van der Waals surface area contributed by atoms with E-state index in [0.717, 1.165) is 29.8 Å². The van der Waals surface area contributed by atoms with Crippen LogP contribution in [0.5, 0.6) is 0 Å². The van der Waals surface area contributed by atoms with Gasteiger partial charge in [-0.05, 0) is 54.8 Å². The number of methoxy groups -OCH3 is 1. The maximum absolute atomic E-state index is 13.4. The predicted molar refractivity (Wildman–Crippen MR) is 133 cm³/mol. The molecule has 2 aromatic carbocycles. The van der Waals surface area contributed by atoms with Crippen LogP contribution in [0.2, 0.25) is 0 Å². The molecule has 3 aliphatic rings. The van der Waals surface area contributed by atoms with Gasteiger partial charge in [0, 0.05) is 23.1 Å². The van der Waals surface area contributed by atoms with E-state index in [2.05, 4.69) is 27.8 Å². The van der Waals surface area contributed by atoms with Crippen LogP contribution in [0, 0.1) is 17.7 Å². The fourth-order valence-electron chi connectivity index (χ4n) is 5.19. The van der Waals surface area contributed by atoms with Crippen molar-refractivity contribution in [2.24, 2.45) is 0 Å². The number of epoxide rings is 1. The lowest BCUT2D eigenvalue weighted by Crippen LogP contribution is -2.25. The SMILES string of the molecule is CC.COC(=O)C(O)c1ccccc1C#CC12CCC3=Cc4c(cnn4-c4ccc(F)cc4)CC31O2. The second-order valence-corrected chi connectivity index (χ2v) is 8.81. The van der Waals surface area contributed by atoms with Gasteiger partial charge in [0.05, 0.1) is 24.7 Å². The van der Waals surface area contributed by atoms with E-state index < -0.39 is 23.3 Å². The van der Waals surface area contributed by atoms with E-state index in [9.17, 15) is 14.3 Å². The lowest BCUT2D eigenvalue weighted by molar-refractivity contribution is -0.150. The maximum atomic E-state index is 13.4. The molecule has 2 fully saturated rings. The van der Waals surface area contributed by atoms with Crippen molar-refractivity contribution >= 4 is 12.0 Å². The Morgan fingerprint density at radius 2 is 1.97 bits per heavy atom. The number of ether oxygens (including phenoxy) is 2. The summed E-state index contributed by atoms with van der Waals surface area (Å²) in [6, 6.07) is 13.3. The first-order valence-corrected chi connectivity index (χ1v) is 12.1. The van der Waals surface area contributed by atoms with Crippen LogP contribution in [0.15, 0.2) is 60.3 Å². The first kappa shape index (κ1) is 24.0. The topological polar surface area (TPSA) is 76.9 Å². The van der Waals surface area contributed by atoms with Crippen LogP contribution in [0.3, 0.4) is 0 Å². The molecule has 1 saturated carbocycles. The van der Waals surface area contributed by atoms with Crippen molar-refractivity contribution < 1.29 is 23.8 Å². The number of aliphatic hydroxyl groups is 1. The number of fused-ring (bicyclic) bond motifs is 1. The number of hydrogen-bond acceptors (Lipinski definition) is 5. The molecule has 7 heteroatoms. The number of benzene rings is 2. The summed E-state index contributed by atoms with van der Waals surface area (Å²) in [5.41, 5.74) is 3.93. The molecule has 0 radical (unpaired) electrons. The van der Waals surface area contributed by atoms with Crippen molar-refractivity contribution in [1.29, 1.82) is 0 Å². The van der Waals surface area contributed by atoms with E-state index in [0.29, 0.717) is 17.5 Å². The van der Waals surface area contributed by atoms with Crippen LogP contribution >= 0.6 is 0 Å². The minimum Gasteiger partial charge on any atom is -0.467 e. The van der Waals surface area contributed by atoms with Gasteiger partial charge in [-0.25, -0.2) is 13.9 Å². The van der Waals surface area contributed by atoms with E-state index in [1.54, 1.807) is 30.3 Å². The largest absolute Gasteiger partial charge is 0.467 e. The molecule has 1 aromatic heterocycles. The third-order valence-electron chi connectivity index (χ3n) is 7.01. The van der Waals surface area contributed by atoms with Gasteiger partial charge in [-0.2, -0.15) is 5.10 Å². The second kappa shape index (κ2) is 9.05. The third kappa shape index (κ3) is 3.65. The van der Waals surface area contributed by atoms with Crippen LogP contribution in [0.4, 0.5) is 4.39 Å². The van der Waals surface area contributed by atoms with E-state index >= 15 is 0 Å². The normalized spacial score (nSPS) is 23.4. The standard InChI is InChI=1S/C27H21FN2O4.C2H6/c1-33-25(32)24(31)22-5-3-2-4-17(22)10-12-26-13-11-19-14-23-18(15-27(19,26)34-26)16-29-30(23)21-8-6-20(28)7-9-21;1-2/h2-9,14,16,24,31H,11,13,15H2,1H3;1-2H3. The van der Waals surface area contributed by atoms with Gasteiger partial charge in [-0.3, -0.25) is 0 Å². The quantitative estimate of drug-likeness (QED) is 0.334. The molecule has 2 heterocycles. The van der Waals surface area contributed by atoms with E-state index in [1.165, 1.54) is 24.8 Å². The number of aromatic nitrogens is 2. The van der Waals surface area contributed by atoms with Crippen LogP contribution in [0.1, 0.15) is 55.2 Å². The molecule has 6 nitrogen and oxygen atoms in total. The monoisotopic (exact) mass is 486 g/mol. The zero-order chi connectivity index (χ0) is 25.5. The Kier molecular flexibility index (Phi) is 6.03. The van der Waals surface area contributed by atoms with Crippen LogP contribution in [0.25, 0.3) is 11.8 Å². The van der Waals surface area contributed by atoms with Crippen molar-refractivity contribution in [2.75, 3.05) is 7.11 Å². The van der Waals surface area contributed by atoms with Gasteiger partial charge in [-0.15, -0.1) is 0 Å². The zero-order valence-electron chi connectivity index (χ0n) is 20.4. The number of rotatable bonds is 3. The van der Waals surface area contributed by atoms with E-state index in [4.69, 9.17) is 4.74 Å². The van der Waals surface area contributed by atoms with Gasteiger partial charge in [-0.1, -0.05) is 43.9 Å². The fraction of sp³-hybridized carbons (Fsp3) is 0.310. The molecule has 1 aliphatic heterocycles. The van der Waals surface area contributed by atoms with Gasteiger partial charge < -0.3 is 14.6 Å². The van der Waals surface area contributed by atoms with Gasteiger partial charge in [0.15, 0.2) is 11.7 Å². The number of halogens is 1. The average Bonchev–Trinajstić information content (AvgIpc) is 3.18. The number of carbonyl (C=O) groups excluding carboxylic acids is 1. The molecular formula is C29H27FN2O4. The molecule has 1 saturated heterocycles. The van der Waals surface area contributed by atoms with Crippen LogP contribution < -0.4 is 0 Å². The molecule has 0 bridgehead atoms. The summed E-state index contributed by atoms with van der Waals surface area (Å²) in [5.74, 6) is 5.47. The highest BCUT2D eigenvalue weighted by molar-refractivity contribution is 5.77. The highest BCUT2D eigenvalue weighted by Crippen LogP contribution is 2.65. The number of aliphatic hydroxyl groups excluding tert-OH is 1. The molecule has 0 amide bonds. The predicted octanol–water partition coefficient (Wildman–Crippen LogP) is 4.54. The summed E-state index contributed by atoms with van der Waals surface area (Å²) in [4.78, 5) is 11.8. The molecule has 1 N–H and O–H groups in total. The van der Waals surface area contributed by atoms with Crippen molar-refractivity contribution in [2.45, 2.75) is 50.4 Å². The molecule has 3 aromatic rings. The Hall–Kier alpha value is -3.73. The smallest absolute Gasteiger partial charge is 0.339 e. The number of carbonyl (C=O) groups is 1. The molecule has 3 unspecified atom stereocenters. The summed E-state index contributed by atoms with van der Waals surface area (Å²) in [6.45, 7) is 4.00. The van der Waals surface area contributed by atoms with Gasteiger partial charge in [0.25, 0.3) is 0 Å². The number of esters is 1. The molecule has 2 aliphatic carbocycles. The number of nitrogens with zero attached hydrogens (tertiary/aromatic N) is 2. The highest BCUT2D eigenvalue weighted by atomic mass is 19.1. The minimum absolute atomic E-state index is 0.284. The molecule has 184 valence electrons. The summed E-state index contributed by atoms with van der Waals surface area (Å²) in [5, 5.41) is 14.9. The minimum atomic E-state index is -1.39. The molecule has 1 spiro atoms. The lowest BCUT2D eigenvalue weighted by Gasteiger charge is -2.19. The molecular weight excluding hydrogens is 459 g/mol. The molecule has 3 atom stereocenters. The average molecular weight is 487 g/mol. The first-order valence-electron chi connectivity index (χ1n) is 12.1. The number of hydrogen-bond donors (Lipinski definition) is 1. The fourth-order valence-corrected chi connectivity index (χ4v) is 5.19. The zero-order valence-corrected chi connectivity index (χ0v) is 20.4. The summed E-state index contributed by atoms with van der Waals surface area (Å²) in [6.07, 6.45) is 4.85. The van der Waals surface area contributed by atoms with E-state index in [-0.39, 0.29) is 5.82 Å². The Labute approximate surface area is 209 Å². The lowest BCUT2D eigenvalue weighted by atomic mass is 9.83. The molecule has 6 rings (SSSR count). The van der Waals surface area contributed by atoms with E-state index in [1.807, 2.05) is 30.8 Å². The van der Waals surface area contributed by atoms with Gasteiger partial charge in [0.2, 0.25) is 0 Å². The first-order chi connectivity index (χ1) is 17.5. The second-order valence-electron chi connectivity index (χ2n) is 8.81. The van der Waals surface area contributed by atoms with Gasteiger partial charge >= 0.3 is 5.97 Å². The van der Waals surface area contributed by atoms with Crippen LogP contribution in [-0.2, 0) is 20.7 Å². The Morgan fingerprint density at radius 3 is 2.72 bits per heavy atom. The van der Waals surface area contributed by atoms with Crippen molar-refractivity contribution in [3.8, 4) is 17.5 Å².